The molecule has 0 radical (unpaired) electrons. The van der Waals surface area contributed by atoms with Crippen LogP contribution in [0.2, 0.25) is 0 Å². The number of nitrogens with one attached hydrogen (secondary N) is 1. The molecular weight excluding hydrogens is 244 g/mol. The number of benzene rings is 1. The van der Waals surface area contributed by atoms with Crippen LogP contribution in [0, 0.1) is 0 Å². The van der Waals surface area contributed by atoms with Crippen molar-refractivity contribution in [1.29, 1.82) is 0 Å². The second-order valence-electron chi connectivity index (χ2n) is 2.66. The number of hydrogen-bond acceptors (Lipinski definition) is 1. The predicted octanol–water partition coefficient (Wildman–Crippen LogP) is 3.04. The normalized spacial score (nSPS) is 11.1. The Bertz CT molecular complexity index is 313. The van der Waals surface area contributed by atoms with Crippen molar-refractivity contribution in [3.63, 3.8) is 0 Å². The molecule has 1 N–H and O–H groups in total. The summed E-state index contributed by atoms with van der Waals surface area (Å²) in [6.45, 7) is 0. The quantitative estimate of drug-likeness (QED) is 0.823. The summed E-state index contributed by atoms with van der Waals surface area (Å²) in [6, 6.07) is 8.89. The minimum absolute atomic E-state index is 0.158. The number of halogens is 3. The van der Waals surface area contributed by atoms with E-state index >= 15 is 0 Å². The van der Waals surface area contributed by atoms with Crippen LogP contribution < -0.4 is 5.32 Å². The van der Waals surface area contributed by atoms with Gasteiger partial charge in [-0.1, -0.05) is 41.4 Å². The Morgan fingerprint density at radius 2 is 1.86 bits per heavy atom. The van der Waals surface area contributed by atoms with Crippen LogP contribution in [-0.4, -0.2) is 16.1 Å². The van der Waals surface area contributed by atoms with Gasteiger partial charge in [0.1, 0.15) is 0 Å². The molecule has 1 rings (SSSR count). The van der Waals surface area contributed by atoms with Gasteiger partial charge in [0.05, 0.1) is 5.88 Å². The minimum atomic E-state index is -1.59. The van der Waals surface area contributed by atoms with E-state index in [1.54, 1.807) is 24.3 Å². The molecular formula is C9H8Cl3NO. The van der Waals surface area contributed by atoms with Crippen molar-refractivity contribution in [3.8, 4) is 0 Å². The first-order valence-electron chi connectivity index (χ1n) is 3.86. The molecule has 0 heterocycles. The van der Waals surface area contributed by atoms with Crippen LogP contribution >= 0.6 is 34.8 Å². The molecule has 0 saturated heterocycles. The topological polar surface area (TPSA) is 29.1 Å². The van der Waals surface area contributed by atoms with Crippen molar-refractivity contribution < 1.29 is 4.79 Å². The maximum absolute atomic E-state index is 11.4. The van der Waals surface area contributed by atoms with Gasteiger partial charge in [0.15, 0.2) is 0 Å². The minimum Gasteiger partial charge on any atom is -0.323 e. The van der Waals surface area contributed by atoms with Gasteiger partial charge in [0, 0.05) is 5.69 Å². The van der Waals surface area contributed by atoms with Gasteiger partial charge in [0.2, 0.25) is 4.33 Å². The van der Waals surface area contributed by atoms with Gasteiger partial charge in [-0.15, -0.1) is 11.6 Å². The molecule has 76 valence electrons. The summed E-state index contributed by atoms with van der Waals surface area (Å²) in [5.41, 5.74) is 0.633. The third-order valence-corrected chi connectivity index (χ3v) is 2.82. The SMILES string of the molecule is O=C(Nc1ccccc1)C(Cl)(Cl)CCl. The van der Waals surface area contributed by atoms with Gasteiger partial charge in [-0.25, -0.2) is 0 Å². The number of hydrogen-bond donors (Lipinski definition) is 1. The fourth-order valence-corrected chi connectivity index (χ4v) is 1.02. The second kappa shape index (κ2) is 4.87. The average molecular weight is 253 g/mol. The number of rotatable bonds is 3. The lowest BCUT2D eigenvalue weighted by Gasteiger charge is -2.15. The molecule has 0 atom stereocenters. The average Bonchev–Trinajstić information content (AvgIpc) is 2.19. The fraction of sp³-hybridized carbons (Fsp3) is 0.222. The number of carbonyl (C=O) groups excluding carboxylic acids is 1. The van der Waals surface area contributed by atoms with E-state index in [1.807, 2.05) is 6.07 Å². The van der Waals surface area contributed by atoms with Crippen molar-refractivity contribution in [3.05, 3.63) is 30.3 Å². The van der Waals surface area contributed by atoms with Crippen LogP contribution in [0.25, 0.3) is 0 Å². The Labute approximate surface area is 97.1 Å². The number of amides is 1. The molecule has 0 fully saturated rings. The van der Waals surface area contributed by atoms with Crippen LogP contribution in [0.15, 0.2) is 30.3 Å². The number of para-hydroxylation sites is 1. The van der Waals surface area contributed by atoms with Crippen molar-refractivity contribution in [1.82, 2.24) is 0 Å². The maximum atomic E-state index is 11.4. The summed E-state index contributed by atoms with van der Waals surface area (Å²) < 4.78 is -1.59. The zero-order valence-corrected chi connectivity index (χ0v) is 9.40. The zero-order valence-electron chi connectivity index (χ0n) is 7.14. The van der Waals surface area contributed by atoms with Crippen LogP contribution in [0.3, 0.4) is 0 Å². The molecule has 0 aromatic heterocycles. The lowest BCUT2D eigenvalue weighted by atomic mass is 10.3. The molecule has 0 aliphatic carbocycles. The van der Waals surface area contributed by atoms with Crippen LogP contribution in [0.1, 0.15) is 0 Å². The molecule has 1 aromatic carbocycles. The predicted molar refractivity (Wildman–Crippen MR) is 60.2 cm³/mol. The van der Waals surface area contributed by atoms with Crippen LogP contribution in [0.4, 0.5) is 5.69 Å². The Morgan fingerprint density at radius 3 is 2.36 bits per heavy atom. The molecule has 0 spiro atoms. The van der Waals surface area contributed by atoms with Crippen molar-refractivity contribution in [2.24, 2.45) is 0 Å². The van der Waals surface area contributed by atoms with E-state index in [0.717, 1.165) is 0 Å². The van der Waals surface area contributed by atoms with Crippen LogP contribution in [-0.2, 0) is 4.79 Å². The molecule has 1 aromatic rings. The lowest BCUT2D eigenvalue weighted by molar-refractivity contribution is -0.116. The second-order valence-corrected chi connectivity index (χ2v) is 4.41. The van der Waals surface area contributed by atoms with Gasteiger partial charge < -0.3 is 5.32 Å². The fourth-order valence-electron chi connectivity index (χ4n) is 0.805. The lowest BCUT2D eigenvalue weighted by Crippen LogP contribution is -2.33. The first-order chi connectivity index (χ1) is 6.56. The van der Waals surface area contributed by atoms with Crippen molar-refractivity contribution in [2.45, 2.75) is 4.33 Å². The highest BCUT2D eigenvalue weighted by atomic mass is 35.5. The summed E-state index contributed by atoms with van der Waals surface area (Å²) in [7, 11) is 0. The molecule has 0 unspecified atom stereocenters. The van der Waals surface area contributed by atoms with Gasteiger partial charge in [-0.3, -0.25) is 4.79 Å². The van der Waals surface area contributed by atoms with Crippen LogP contribution in [0.5, 0.6) is 0 Å². The molecule has 2 nitrogen and oxygen atoms in total. The highest BCUT2D eigenvalue weighted by Gasteiger charge is 2.32. The summed E-state index contributed by atoms with van der Waals surface area (Å²) in [6.07, 6.45) is 0. The molecule has 0 aliphatic rings. The summed E-state index contributed by atoms with van der Waals surface area (Å²) in [5.74, 6) is -0.684. The molecule has 14 heavy (non-hydrogen) atoms. The zero-order chi connectivity index (χ0) is 10.6. The largest absolute Gasteiger partial charge is 0.323 e. The van der Waals surface area contributed by atoms with E-state index in [4.69, 9.17) is 34.8 Å². The van der Waals surface area contributed by atoms with E-state index in [0.29, 0.717) is 5.69 Å². The summed E-state index contributed by atoms with van der Waals surface area (Å²) in [5, 5.41) is 2.55. The smallest absolute Gasteiger partial charge is 0.262 e. The number of anilines is 1. The van der Waals surface area contributed by atoms with Crippen molar-refractivity contribution in [2.75, 3.05) is 11.2 Å². The molecule has 0 bridgehead atoms. The monoisotopic (exact) mass is 251 g/mol. The van der Waals surface area contributed by atoms with E-state index < -0.39 is 10.2 Å². The summed E-state index contributed by atoms with van der Waals surface area (Å²) >= 11 is 16.7. The Hall–Kier alpha value is -0.440. The van der Waals surface area contributed by atoms with Gasteiger partial charge >= 0.3 is 0 Å². The first-order valence-corrected chi connectivity index (χ1v) is 5.15. The molecule has 0 aliphatic heterocycles. The standard InChI is InChI=1S/C9H8Cl3NO/c10-6-9(11,12)8(14)13-7-4-2-1-3-5-7/h1-5H,6H2,(H,13,14). The van der Waals surface area contributed by atoms with Gasteiger partial charge in [-0.05, 0) is 12.1 Å². The maximum Gasteiger partial charge on any atom is 0.262 e. The van der Waals surface area contributed by atoms with E-state index in [9.17, 15) is 4.79 Å². The third kappa shape index (κ3) is 3.05. The highest BCUT2D eigenvalue weighted by molar-refractivity contribution is 6.61. The van der Waals surface area contributed by atoms with Crippen molar-refractivity contribution >= 4 is 46.4 Å². The molecule has 0 saturated carbocycles. The first kappa shape index (κ1) is 11.6. The number of alkyl halides is 3. The van der Waals surface area contributed by atoms with E-state index in [-0.39, 0.29) is 5.88 Å². The van der Waals surface area contributed by atoms with E-state index in [1.165, 1.54) is 0 Å². The third-order valence-electron chi connectivity index (χ3n) is 1.53. The highest BCUT2D eigenvalue weighted by Crippen LogP contribution is 2.24. The Balaban J connectivity index is 2.67. The Morgan fingerprint density at radius 1 is 1.29 bits per heavy atom. The Kier molecular flexibility index (Phi) is 4.05. The van der Waals surface area contributed by atoms with Gasteiger partial charge in [-0.2, -0.15) is 0 Å². The van der Waals surface area contributed by atoms with E-state index in [2.05, 4.69) is 5.32 Å². The molecule has 1 amide bonds. The number of carbonyl (C=O) groups is 1. The van der Waals surface area contributed by atoms with Gasteiger partial charge in [0.25, 0.3) is 5.91 Å². The summed E-state index contributed by atoms with van der Waals surface area (Å²) in [4.78, 5) is 11.4. The molecule has 5 heteroatoms.